The van der Waals surface area contributed by atoms with Crippen molar-refractivity contribution in [3.63, 3.8) is 0 Å². The van der Waals surface area contributed by atoms with E-state index in [1.54, 1.807) is 11.0 Å². The second-order valence-electron chi connectivity index (χ2n) is 4.89. The maximum absolute atomic E-state index is 11.7. The summed E-state index contributed by atoms with van der Waals surface area (Å²) in [7, 11) is 0. The van der Waals surface area contributed by atoms with Crippen molar-refractivity contribution in [2.75, 3.05) is 5.75 Å². The van der Waals surface area contributed by atoms with Crippen LogP contribution >= 0.6 is 11.8 Å². The molecule has 1 aromatic carbocycles. The topological polar surface area (TPSA) is 88.9 Å². The zero-order valence-electron chi connectivity index (χ0n) is 11.7. The lowest BCUT2D eigenvalue weighted by atomic mass is 10.3. The number of carbonyl (C=O) groups is 2. The first-order valence-electron chi connectivity index (χ1n) is 6.91. The molecule has 0 radical (unpaired) electrons. The minimum Gasteiger partial charge on any atom is -0.335 e. The van der Waals surface area contributed by atoms with Crippen LogP contribution in [0.2, 0.25) is 0 Å². The summed E-state index contributed by atoms with van der Waals surface area (Å²) in [6, 6.07) is 9.37. The Kier molecular flexibility index (Phi) is 4.38. The van der Waals surface area contributed by atoms with E-state index in [1.165, 1.54) is 11.8 Å². The quantitative estimate of drug-likeness (QED) is 0.813. The van der Waals surface area contributed by atoms with Crippen LogP contribution in [0.3, 0.4) is 0 Å². The Balaban J connectivity index is 1.48. The number of imide groups is 1. The zero-order valence-corrected chi connectivity index (χ0v) is 12.5. The van der Waals surface area contributed by atoms with Crippen LogP contribution in [-0.4, -0.2) is 38.5 Å². The Morgan fingerprint density at radius 2 is 2.05 bits per heavy atom. The van der Waals surface area contributed by atoms with Crippen molar-refractivity contribution in [3.05, 3.63) is 36.7 Å². The van der Waals surface area contributed by atoms with E-state index in [0.717, 1.165) is 18.5 Å². The van der Waals surface area contributed by atoms with Gasteiger partial charge in [0, 0.05) is 6.04 Å². The molecule has 3 rings (SSSR count). The van der Waals surface area contributed by atoms with Gasteiger partial charge in [0.15, 0.2) is 0 Å². The molecule has 8 heteroatoms. The van der Waals surface area contributed by atoms with E-state index < -0.39 is 6.03 Å². The van der Waals surface area contributed by atoms with Gasteiger partial charge in [-0.3, -0.25) is 10.1 Å². The van der Waals surface area contributed by atoms with Crippen LogP contribution in [0.1, 0.15) is 12.8 Å². The Morgan fingerprint density at radius 3 is 2.77 bits per heavy atom. The molecule has 114 valence electrons. The summed E-state index contributed by atoms with van der Waals surface area (Å²) in [4.78, 5) is 27.2. The van der Waals surface area contributed by atoms with Gasteiger partial charge in [-0.2, -0.15) is 0 Å². The number of para-hydroxylation sites is 1. The lowest BCUT2D eigenvalue weighted by molar-refractivity contribution is -0.117. The number of aromatic nitrogens is 3. The predicted molar refractivity (Wildman–Crippen MR) is 81.8 cm³/mol. The van der Waals surface area contributed by atoms with E-state index in [-0.39, 0.29) is 17.7 Å². The van der Waals surface area contributed by atoms with Crippen LogP contribution in [0, 0.1) is 0 Å². The second kappa shape index (κ2) is 6.61. The average Bonchev–Trinajstić information content (AvgIpc) is 3.19. The van der Waals surface area contributed by atoms with Gasteiger partial charge in [-0.25, -0.2) is 14.5 Å². The Hall–Kier alpha value is -2.35. The standard InChI is InChI=1S/C14H15N5O2S/c20-12(17-13(21)16-10-6-7-10)8-22-14-15-9-19(18-14)11-4-2-1-3-5-11/h1-5,9-10H,6-8H2,(H2,16,17,20,21). The van der Waals surface area contributed by atoms with Gasteiger partial charge >= 0.3 is 6.03 Å². The highest BCUT2D eigenvalue weighted by molar-refractivity contribution is 7.99. The molecule has 0 saturated heterocycles. The molecule has 0 aliphatic heterocycles. The molecule has 1 aliphatic carbocycles. The van der Waals surface area contributed by atoms with Crippen molar-refractivity contribution in [1.29, 1.82) is 0 Å². The molecule has 1 aromatic heterocycles. The smallest absolute Gasteiger partial charge is 0.321 e. The van der Waals surface area contributed by atoms with Gasteiger partial charge < -0.3 is 5.32 Å². The second-order valence-corrected chi connectivity index (χ2v) is 5.83. The van der Waals surface area contributed by atoms with E-state index >= 15 is 0 Å². The van der Waals surface area contributed by atoms with Crippen molar-refractivity contribution in [1.82, 2.24) is 25.4 Å². The molecule has 1 heterocycles. The van der Waals surface area contributed by atoms with Crippen LogP contribution in [0.15, 0.2) is 41.8 Å². The Morgan fingerprint density at radius 1 is 1.27 bits per heavy atom. The summed E-state index contributed by atoms with van der Waals surface area (Å²) in [6.07, 6.45) is 3.56. The lowest BCUT2D eigenvalue weighted by Crippen LogP contribution is -2.41. The van der Waals surface area contributed by atoms with E-state index in [0.29, 0.717) is 5.16 Å². The zero-order chi connectivity index (χ0) is 15.4. The molecule has 2 N–H and O–H groups in total. The fourth-order valence-corrected chi connectivity index (χ4v) is 2.36. The normalized spacial score (nSPS) is 13.6. The molecular weight excluding hydrogens is 302 g/mol. The highest BCUT2D eigenvalue weighted by Crippen LogP contribution is 2.18. The summed E-state index contributed by atoms with van der Waals surface area (Å²) in [6.45, 7) is 0. The minimum atomic E-state index is -0.434. The van der Waals surface area contributed by atoms with Crippen molar-refractivity contribution < 1.29 is 9.59 Å². The number of thioether (sulfide) groups is 1. The van der Waals surface area contributed by atoms with Crippen molar-refractivity contribution >= 4 is 23.7 Å². The summed E-state index contributed by atoms with van der Waals surface area (Å²) in [5.74, 6) is -0.268. The highest BCUT2D eigenvalue weighted by Gasteiger charge is 2.23. The van der Waals surface area contributed by atoms with Gasteiger partial charge in [0.1, 0.15) is 6.33 Å². The molecule has 1 aliphatic rings. The maximum atomic E-state index is 11.7. The minimum absolute atomic E-state index is 0.0941. The van der Waals surface area contributed by atoms with Gasteiger partial charge in [0.25, 0.3) is 0 Å². The molecular formula is C14H15N5O2S. The van der Waals surface area contributed by atoms with Crippen LogP contribution in [0.5, 0.6) is 0 Å². The number of hydrogen-bond acceptors (Lipinski definition) is 5. The molecule has 7 nitrogen and oxygen atoms in total. The first-order chi connectivity index (χ1) is 10.7. The third kappa shape index (κ3) is 4.08. The first-order valence-corrected chi connectivity index (χ1v) is 7.89. The van der Waals surface area contributed by atoms with Gasteiger partial charge in [-0.05, 0) is 25.0 Å². The fraction of sp³-hybridized carbons (Fsp3) is 0.286. The van der Waals surface area contributed by atoms with Crippen molar-refractivity contribution in [2.45, 2.75) is 24.0 Å². The molecule has 0 unspecified atom stereocenters. The maximum Gasteiger partial charge on any atom is 0.321 e. The lowest BCUT2D eigenvalue weighted by Gasteiger charge is -2.04. The summed E-state index contributed by atoms with van der Waals surface area (Å²) in [5.41, 5.74) is 0.898. The molecule has 0 bridgehead atoms. The van der Waals surface area contributed by atoms with E-state index in [9.17, 15) is 9.59 Å². The third-order valence-corrected chi connectivity index (χ3v) is 3.84. The van der Waals surface area contributed by atoms with E-state index in [4.69, 9.17) is 0 Å². The number of rotatable bonds is 5. The van der Waals surface area contributed by atoms with Crippen LogP contribution in [0.25, 0.3) is 5.69 Å². The van der Waals surface area contributed by atoms with Crippen LogP contribution in [-0.2, 0) is 4.79 Å². The molecule has 22 heavy (non-hydrogen) atoms. The largest absolute Gasteiger partial charge is 0.335 e. The molecule has 3 amide bonds. The summed E-state index contributed by atoms with van der Waals surface area (Å²) >= 11 is 1.19. The molecule has 0 spiro atoms. The number of nitrogens with one attached hydrogen (secondary N) is 2. The summed E-state index contributed by atoms with van der Waals surface area (Å²) in [5, 5.41) is 9.75. The van der Waals surface area contributed by atoms with Crippen LogP contribution in [0.4, 0.5) is 4.79 Å². The van der Waals surface area contributed by atoms with Gasteiger partial charge in [-0.1, -0.05) is 30.0 Å². The number of benzene rings is 1. The van der Waals surface area contributed by atoms with Crippen molar-refractivity contribution in [3.8, 4) is 5.69 Å². The number of nitrogens with zero attached hydrogens (tertiary/aromatic N) is 3. The number of carbonyl (C=O) groups excluding carboxylic acids is 2. The van der Waals surface area contributed by atoms with Crippen molar-refractivity contribution in [2.24, 2.45) is 0 Å². The van der Waals surface area contributed by atoms with E-state index in [1.807, 2.05) is 30.3 Å². The number of urea groups is 1. The Bertz CT molecular complexity index is 669. The van der Waals surface area contributed by atoms with Crippen LogP contribution < -0.4 is 10.6 Å². The Labute approximate surface area is 131 Å². The predicted octanol–water partition coefficient (Wildman–Crippen LogP) is 1.35. The van der Waals surface area contributed by atoms with Gasteiger partial charge in [-0.15, -0.1) is 5.10 Å². The molecule has 2 aromatic rings. The first kappa shape index (κ1) is 14.6. The molecule has 1 saturated carbocycles. The third-order valence-electron chi connectivity index (χ3n) is 2.99. The SMILES string of the molecule is O=C(CSc1ncn(-c2ccccc2)n1)NC(=O)NC1CC1. The molecule has 1 fully saturated rings. The van der Waals surface area contributed by atoms with Gasteiger partial charge in [0.2, 0.25) is 11.1 Å². The monoisotopic (exact) mass is 317 g/mol. The highest BCUT2D eigenvalue weighted by atomic mass is 32.2. The average molecular weight is 317 g/mol. The van der Waals surface area contributed by atoms with Gasteiger partial charge in [0.05, 0.1) is 11.4 Å². The fourth-order valence-electron chi connectivity index (χ4n) is 1.76. The van der Waals surface area contributed by atoms with E-state index in [2.05, 4.69) is 20.7 Å². The number of hydrogen-bond donors (Lipinski definition) is 2. The number of amides is 3. The summed E-state index contributed by atoms with van der Waals surface area (Å²) < 4.78 is 1.64. The molecule has 0 atom stereocenters.